The van der Waals surface area contributed by atoms with Crippen molar-refractivity contribution in [2.24, 2.45) is 5.92 Å². The van der Waals surface area contributed by atoms with Crippen molar-refractivity contribution in [3.8, 4) is 6.07 Å². The summed E-state index contributed by atoms with van der Waals surface area (Å²) in [6.45, 7) is 2.78. The number of rotatable bonds is 4. The zero-order chi connectivity index (χ0) is 22.8. The van der Waals surface area contributed by atoms with E-state index in [1.807, 2.05) is 28.8 Å². The van der Waals surface area contributed by atoms with E-state index in [9.17, 15) is 14.9 Å². The maximum Gasteiger partial charge on any atom is 0.289 e. The predicted octanol–water partition coefficient (Wildman–Crippen LogP) is 4.17. The van der Waals surface area contributed by atoms with Gasteiger partial charge < -0.3 is 24.9 Å². The van der Waals surface area contributed by atoms with Crippen molar-refractivity contribution in [1.82, 2.24) is 15.6 Å². The molecule has 0 unspecified atom stereocenters. The topological polar surface area (TPSA) is 117 Å². The van der Waals surface area contributed by atoms with E-state index in [2.05, 4.69) is 11.0 Å². The standard InChI is InChI=1S/C26H28N4O3.H3N/c27-17-21-24(28-12-14-29(15-13-28)26(32)23-11-6-16-33-23)20-9-4-5-10-22(20)30(25(21)31)18-19-7-2-1-3-8-19;/h4-6,9-11,16,19H,1-3,7-8,12-15,18H2;1H3. The predicted molar refractivity (Wildman–Crippen MR) is 131 cm³/mol. The molecule has 1 amide bonds. The highest BCUT2D eigenvalue weighted by Crippen LogP contribution is 2.31. The van der Waals surface area contributed by atoms with Gasteiger partial charge in [-0.25, -0.2) is 0 Å². The van der Waals surface area contributed by atoms with Crippen LogP contribution in [0.3, 0.4) is 0 Å². The number of aromatic nitrogens is 1. The number of hydrogen-bond donors (Lipinski definition) is 1. The van der Waals surface area contributed by atoms with E-state index in [-0.39, 0.29) is 23.2 Å². The maximum absolute atomic E-state index is 13.5. The van der Waals surface area contributed by atoms with Crippen molar-refractivity contribution in [2.75, 3.05) is 31.1 Å². The van der Waals surface area contributed by atoms with Crippen molar-refractivity contribution in [3.05, 3.63) is 64.3 Å². The van der Waals surface area contributed by atoms with Gasteiger partial charge in [-0.1, -0.05) is 37.5 Å². The summed E-state index contributed by atoms with van der Waals surface area (Å²) in [4.78, 5) is 30.0. The number of anilines is 1. The number of nitriles is 1. The quantitative estimate of drug-likeness (QED) is 0.623. The lowest BCUT2D eigenvalue weighted by molar-refractivity contribution is 0.0715. The van der Waals surface area contributed by atoms with E-state index in [0.717, 1.165) is 23.7 Å². The normalized spacial score (nSPS) is 16.8. The van der Waals surface area contributed by atoms with Gasteiger partial charge in [0.1, 0.15) is 11.6 Å². The number of furan rings is 1. The molecule has 3 aromatic rings. The Hall–Kier alpha value is -3.57. The third kappa shape index (κ3) is 4.31. The van der Waals surface area contributed by atoms with Crippen LogP contribution in [0.4, 0.5) is 5.69 Å². The molecule has 2 fully saturated rings. The van der Waals surface area contributed by atoms with Crippen LogP contribution in [0, 0.1) is 17.2 Å². The SMILES string of the molecule is N.N#Cc1c(N2CCN(C(=O)c3ccco3)CC2)c2ccccc2n(CC2CCCCC2)c1=O. The van der Waals surface area contributed by atoms with E-state index in [0.29, 0.717) is 50.1 Å². The van der Waals surface area contributed by atoms with E-state index < -0.39 is 0 Å². The molecule has 178 valence electrons. The Morgan fingerprint density at radius 2 is 1.76 bits per heavy atom. The van der Waals surface area contributed by atoms with Crippen LogP contribution < -0.4 is 16.6 Å². The monoisotopic (exact) mass is 461 g/mol. The fourth-order valence-electron chi connectivity index (χ4n) is 5.32. The molecule has 2 aromatic heterocycles. The molecular weight excluding hydrogens is 430 g/mol. The van der Waals surface area contributed by atoms with E-state index in [1.165, 1.54) is 25.5 Å². The Morgan fingerprint density at radius 3 is 2.44 bits per heavy atom. The summed E-state index contributed by atoms with van der Waals surface area (Å²) in [6.07, 6.45) is 7.45. The van der Waals surface area contributed by atoms with Gasteiger partial charge in [0.15, 0.2) is 5.76 Å². The highest BCUT2D eigenvalue weighted by atomic mass is 16.3. The zero-order valence-corrected chi connectivity index (χ0v) is 19.4. The summed E-state index contributed by atoms with van der Waals surface area (Å²) in [5, 5.41) is 10.9. The molecule has 1 aromatic carbocycles. The first-order valence-electron chi connectivity index (χ1n) is 11.8. The molecule has 1 aliphatic heterocycles. The molecule has 1 saturated heterocycles. The summed E-state index contributed by atoms with van der Waals surface area (Å²) in [6, 6.07) is 13.5. The number of carbonyl (C=O) groups is 1. The minimum atomic E-state index is -0.203. The summed E-state index contributed by atoms with van der Waals surface area (Å²) in [5.41, 5.74) is 1.58. The fraction of sp³-hybridized carbons (Fsp3) is 0.423. The first-order valence-corrected chi connectivity index (χ1v) is 11.8. The van der Waals surface area contributed by atoms with Crippen LogP contribution in [-0.4, -0.2) is 41.6 Å². The maximum atomic E-state index is 13.5. The summed E-state index contributed by atoms with van der Waals surface area (Å²) >= 11 is 0. The number of carbonyl (C=O) groups excluding carboxylic acids is 1. The van der Waals surface area contributed by atoms with Crippen molar-refractivity contribution < 1.29 is 9.21 Å². The fourth-order valence-corrected chi connectivity index (χ4v) is 5.32. The molecular formula is C26H31N5O3. The highest BCUT2D eigenvalue weighted by Gasteiger charge is 2.28. The van der Waals surface area contributed by atoms with Crippen LogP contribution in [0.15, 0.2) is 51.9 Å². The molecule has 8 nitrogen and oxygen atoms in total. The zero-order valence-electron chi connectivity index (χ0n) is 19.4. The van der Waals surface area contributed by atoms with E-state index in [1.54, 1.807) is 17.0 Å². The van der Waals surface area contributed by atoms with E-state index in [4.69, 9.17) is 4.42 Å². The van der Waals surface area contributed by atoms with Gasteiger partial charge in [0.2, 0.25) is 0 Å². The van der Waals surface area contributed by atoms with Crippen LogP contribution in [0.25, 0.3) is 10.9 Å². The van der Waals surface area contributed by atoms with Crippen LogP contribution in [0.2, 0.25) is 0 Å². The van der Waals surface area contributed by atoms with Crippen molar-refractivity contribution >= 4 is 22.5 Å². The minimum absolute atomic E-state index is 0. The van der Waals surface area contributed by atoms with Crippen LogP contribution in [0.5, 0.6) is 0 Å². The lowest BCUT2D eigenvalue weighted by Gasteiger charge is -2.37. The van der Waals surface area contributed by atoms with Crippen molar-refractivity contribution in [3.63, 3.8) is 0 Å². The van der Waals surface area contributed by atoms with Gasteiger partial charge >= 0.3 is 0 Å². The average Bonchev–Trinajstić information content (AvgIpc) is 3.41. The number of piperazine rings is 1. The number of amides is 1. The lowest BCUT2D eigenvalue weighted by atomic mass is 9.89. The van der Waals surface area contributed by atoms with Crippen LogP contribution >= 0.6 is 0 Å². The lowest BCUT2D eigenvalue weighted by Crippen LogP contribution is -2.49. The molecule has 0 spiro atoms. The van der Waals surface area contributed by atoms with Crippen LogP contribution in [0.1, 0.15) is 48.2 Å². The number of benzene rings is 1. The van der Waals surface area contributed by atoms with Gasteiger partial charge in [0, 0.05) is 38.1 Å². The number of hydrogen-bond acceptors (Lipinski definition) is 6. The number of nitrogens with zero attached hydrogens (tertiary/aromatic N) is 4. The summed E-state index contributed by atoms with van der Waals surface area (Å²) < 4.78 is 7.08. The summed E-state index contributed by atoms with van der Waals surface area (Å²) in [5.74, 6) is 0.679. The molecule has 1 saturated carbocycles. The minimum Gasteiger partial charge on any atom is -0.459 e. The Morgan fingerprint density at radius 1 is 1.03 bits per heavy atom. The third-order valence-corrected chi connectivity index (χ3v) is 7.04. The Balaban J connectivity index is 0.00000274. The first-order chi connectivity index (χ1) is 16.2. The number of para-hydroxylation sites is 1. The largest absolute Gasteiger partial charge is 0.459 e. The van der Waals surface area contributed by atoms with Gasteiger partial charge in [0.05, 0.1) is 17.5 Å². The summed E-state index contributed by atoms with van der Waals surface area (Å²) in [7, 11) is 0. The van der Waals surface area contributed by atoms with Crippen molar-refractivity contribution in [1.29, 1.82) is 5.26 Å². The second kappa shape index (κ2) is 10.1. The molecule has 8 heteroatoms. The molecule has 0 atom stereocenters. The van der Waals surface area contributed by atoms with Gasteiger partial charge in [-0.15, -0.1) is 0 Å². The molecule has 34 heavy (non-hydrogen) atoms. The number of fused-ring (bicyclic) bond motifs is 1. The third-order valence-electron chi connectivity index (χ3n) is 7.04. The van der Waals surface area contributed by atoms with Gasteiger partial charge in [-0.2, -0.15) is 5.26 Å². The Bertz CT molecular complexity index is 1240. The second-order valence-electron chi connectivity index (χ2n) is 9.03. The molecule has 0 bridgehead atoms. The average molecular weight is 462 g/mol. The van der Waals surface area contributed by atoms with Gasteiger partial charge in [0.25, 0.3) is 11.5 Å². The Kier molecular flexibility index (Phi) is 7.03. The molecule has 1 aliphatic carbocycles. The van der Waals surface area contributed by atoms with E-state index >= 15 is 0 Å². The first kappa shape index (κ1) is 23.6. The highest BCUT2D eigenvalue weighted by molar-refractivity contribution is 5.95. The van der Waals surface area contributed by atoms with Gasteiger partial charge in [-0.3, -0.25) is 9.59 Å². The second-order valence-corrected chi connectivity index (χ2v) is 9.03. The van der Waals surface area contributed by atoms with Crippen LogP contribution in [-0.2, 0) is 6.54 Å². The molecule has 3 heterocycles. The van der Waals surface area contributed by atoms with Crippen molar-refractivity contribution in [2.45, 2.75) is 38.6 Å². The smallest absolute Gasteiger partial charge is 0.289 e. The molecule has 2 aliphatic rings. The molecule has 5 rings (SSSR count). The molecule has 3 N–H and O–H groups in total. The Labute approximate surface area is 198 Å². The number of pyridine rings is 1. The van der Waals surface area contributed by atoms with Gasteiger partial charge in [-0.05, 0) is 37.0 Å². The molecule has 0 radical (unpaired) electrons.